The van der Waals surface area contributed by atoms with Crippen molar-refractivity contribution in [1.82, 2.24) is 0 Å². The zero-order valence-electron chi connectivity index (χ0n) is 15.7. The van der Waals surface area contributed by atoms with E-state index >= 15 is 0 Å². The first-order valence-corrected chi connectivity index (χ1v) is 9.52. The molecule has 0 N–H and O–H groups in total. The average Bonchev–Trinajstić information content (AvgIpc) is 2.74. The SMILES string of the molecule is C=Cc1c(-c2ccccc2)cc(C)cc1C1C=CC(c2ccccc2)=CC1. The van der Waals surface area contributed by atoms with Gasteiger partial charge in [0.05, 0.1) is 0 Å². The minimum Gasteiger partial charge on any atom is -0.0984 e. The molecule has 0 heterocycles. The molecular weight excluding hydrogens is 324 g/mol. The van der Waals surface area contributed by atoms with E-state index < -0.39 is 0 Å². The van der Waals surface area contributed by atoms with Crippen molar-refractivity contribution in [3.8, 4) is 11.1 Å². The van der Waals surface area contributed by atoms with Gasteiger partial charge in [0.1, 0.15) is 0 Å². The Morgan fingerprint density at radius 2 is 1.56 bits per heavy atom. The Morgan fingerprint density at radius 1 is 0.889 bits per heavy atom. The van der Waals surface area contributed by atoms with Crippen LogP contribution in [0.25, 0.3) is 22.8 Å². The standard InChI is InChI=1S/C27H24/c1-3-25-26(23-12-8-5-9-13-23)18-20(2)19-27(25)24-16-14-22(15-17-24)21-10-6-4-7-11-21/h3-16,18-19,24H,1,17H2,2H3. The molecule has 1 unspecified atom stereocenters. The van der Waals surface area contributed by atoms with Gasteiger partial charge in [-0.2, -0.15) is 0 Å². The third-order valence-electron chi connectivity index (χ3n) is 5.25. The fourth-order valence-corrected chi connectivity index (χ4v) is 3.91. The molecule has 0 nitrogen and oxygen atoms in total. The summed E-state index contributed by atoms with van der Waals surface area (Å²) in [5.41, 5.74) is 9.01. The van der Waals surface area contributed by atoms with Gasteiger partial charge in [-0.25, -0.2) is 0 Å². The number of benzene rings is 3. The van der Waals surface area contributed by atoms with E-state index in [1.54, 1.807) is 0 Å². The summed E-state index contributed by atoms with van der Waals surface area (Å²) in [6.07, 6.45) is 10.00. The molecule has 4 rings (SSSR count). The average molecular weight is 348 g/mol. The monoisotopic (exact) mass is 348 g/mol. The van der Waals surface area contributed by atoms with E-state index in [0.29, 0.717) is 5.92 Å². The van der Waals surface area contributed by atoms with Gasteiger partial charge in [-0.3, -0.25) is 0 Å². The van der Waals surface area contributed by atoms with E-state index in [-0.39, 0.29) is 0 Å². The van der Waals surface area contributed by atoms with Crippen LogP contribution in [-0.4, -0.2) is 0 Å². The zero-order chi connectivity index (χ0) is 18.6. The molecule has 1 aliphatic rings. The fourth-order valence-electron chi connectivity index (χ4n) is 3.91. The Balaban J connectivity index is 1.71. The smallest absolute Gasteiger partial charge is 0.00623 e. The number of rotatable bonds is 4. The van der Waals surface area contributed by atoms with Crippen LogP contribution >= 0.6 is 0 Å². The van der Waals surface area contributed by atoms with Crippen molar-refractivity contribution >= 4 is 11.6 Å². The fraction of sp³-hybridized carbons (Fsp3) is 0.111. The van der Waals surface area contributed by atoms with E-state index in [0.717, 1.165) is 6.42 Å². The van der Waals surface area contributed by atoms with Gasteiger partial charge in [-0.15, -0.1) is 0 Å². The van der Waals surface area contributed by atoms with E-state index in [1.807, 2.05) is 6.08 Å². The summed E-state index contributed by atoms with van der Waals surface area (Å²) in [7, 11) is 0. The molecule has 0 bridgehead atoms. The summed E-state index contributed by atoms with van der Waals surface area (Å²) >= 11 is 0. The van der Waals surface area contributed by atoms with Crippen LogP contribution in [0.15, 0.2) is 97.6 Å². The summed E-state index contributed by atoms with van der Waals surface area (Å²) in [6, 6.07) is 25.8. The van der Waals surface area contributed by atoms with Gasteiger partial charge in [0.25, 0.3) is 0 Å². The highest BCUT2D eigenvalue weighted by Gasteiger charge is 2.18. The van der Waals surface area contributed by atoms with Crippen LogP contribution in [0.4, 0.5) is 0 Å². The maximum Gasteiger partial charge on any atom is 0.00623 e. The number of hydrogen-bond acceptors (Lipinski definition) is 0. The molecule has 3 aromatic rings. The summed E-state index contributed by atoms with van der Waals surface area (Å²) in [6.45, 7) is 6.31. The number of allylic oxidation sites excluding steroid dienone is 4. The molecule has 27 heavy (non-hydrogen) atoms. The Bertz CT molecular complexity index is 1000. The highest BCUT2D eigenvalue weighted by atomic mass is 14.2. The van der Waals surface area contributed by atoms with Crippen molar-refractivity contribution in [1.29, 1.82) is 0 Å². The lowest BCUT2D eigenvalue weighted by atomic mass is 9.82. The normalized spacial score (nSPS) is 16.0. The second-order valence-electron chi connectivity index (χ2n) is 7.11. The van der Waals surface area contributed by atoms with Gasteiger partial charge in [0.15, 0.2) is 0 Å². The minimum atomic E-state index is 0.382. The van der Waals surface area contributed by atoms with Crippen molar-refractivity contribution in [3.05, 3.63) is 120 Å². The summed E-state index contributed by atoms with van der Waals surface area (Å²) < 4.78 is 0. The maximum absolute atomic E-state index is 4.13. The molecule has 3 aromatic carbocycles. The van der Waals surface area contributed by atoms with Gasteiger partial charge < -0.3 is 0 Å². The van der Waals surface area contributed by atoms with Crippen molar-refractivity contribution in [2.75, 3.05) is 0 Å². The van der Waals surface area contributed by atoms with E-state index in [1.165, 1.54) is 39.0 Å². The van der Waals surface area contributed by atoms with Gasteiger partial charge >= 0.3 is 0 Å². The molecule has 0 spiro atoms. The number of hydrogen-bond donors (Lipinski definition) is 0. The third-order valence-corrected chi connectivity index (χ3v) is 5.25. The first-order chi connectivity index (χ1) is 13.3. The predicted molar refractivity (Wildman–Crippen MR) is 118 cm³/mol. The first kappa shape index (κ1) is 17.3. The van der Waals surface area contributed by atoms with E-state index in [2.05, 4.69) is 105 Å². The van der Waals surface area contributed by atoms with Crippen LogP contribution in [-0.2, 0) is 0 Å². The van der Waals surface area contributed by atoms with E-state index in [4.69, 9.17) is 0 Å². The first-order valence-electron chi connectivity index (χ1n) is 9.52. The molecule has 0 fully saturated rings. The topological polar surface area (TPSA) is 0 Å². The van der Waals surface area contributed by atoms with Crippen LogP contribution in [0.1, 0.15) is 34.6 Å². The molecule has 0 saturated carbocycles. The Morgan fingerprint density at radius 3 is 2.15 bits per heavy atom. The Hall–Kier alpha value is -3.12. The van der Waals surface area contributed by atoms with Crippen molar-refractivity contribution in [2.45, 2.75) is 19.3 Å². The summed E-state index contributed by atoms with van der Waals surface area (Å²) in [5.74, 6) is 0.382. The molecule has 0 heteroatoms. The quantitative estimate of drug-likeness (QED) is 0.460. The highest BCUT2D eigenvalue weighted by molar-refractivity contribution is 5.79. The molecule has 1 atom stereocenters. The van der Waals surface area contributed by atoms with Crippen LogP contribution < -0.4 is 0 Å². The predicted octanol–water partition coefficient (Wildman–Crippen LogP) is 7.43. The molecule has 132 valence electrons. The maximum atomic E-state index is 4.13. The van der Waals surface area contributed by atoms with Gasteiger partial charge in [0, 0.05) is 5.92 Å². The summed E-state index contributed by atoms with van der Waals surface area (Å²) in [4.78, 5) is 0. The largest absolute Gasteiger partial charge is 0.0984 e. The Kier molecular flexibility index (Phi) is 4.89. The second kappa shape index (κ2) is 7.63. The summed E-state index contributed by atoms with van der Waals surface area (Å²) in [5, 5.41) is 0. The van der Waals surface area contributed by atoms with Crippen molar-refractivity contribution in [2.24, 2.45) is 0 Å². The molecular formula is C27H24. The molecule has 0 aliphatic heterocycles. The van der Waals surface area contributed by atoms with Crippen molar-refractivity contribution < 1.29 is 0 Å². The lowest BCUT2D eigenvalue weighted by Crippen LogP contribution is -2.03. The van der Waals surface area contributed by atoms with Gasteiger partial charge in [-0.05, 0) is 46.7 Å². The van der Waals surface area contributed by atoms with Crippen molar-refractivity contribution in [3.63, 3.8) is 0 Å². The molecule has 0 amide bonds. The van der Waals surface area contributed by atoms with Crippen LogP contribution in [0, 0.1) is 6.92 Å². The minimum absolute atomic E-state index is 0.382. The molecule has 1 aliphatic carbocycles. The highest BCUT2D eigenvalue weighted by Crippen LogP contribution is 2.37. The second-order valence-corrected chi connectivity index (χ2v) is 7.11. The lowest BCUT2D eigenvalue weighted by Gasteiger charge is -2.22. The number of aryl methyl sites for hydroxylation is 1. The van der Waals surface area contributed by atoms with Crippen LogP contribution in [0.3, 0.4) is 0 Å². The lowest BCUT2D eigenvalue weighted by molar-refractivity contribution is 0.853. The van der Waals surface area contributed by atoms with E-state index in [9.17, 15) is 0 Å². The molecule has 0 aromatic heterocycles. The third kappa shape index (κ3) is 3.57. The molecule has 0 radical (unpaired) electrons. The van der Waals surface area contributed by atoms with Gasteiger partial charge in [0.2, 0.25) is 0 Å². The van der Waals surface area contributed by atoms with Gasteiger partial charge in [-0.1, -0.05) is 109 Å². The molecule has 0 saturated heterocycles. The Labute approximate surface area is 162 Å². The van der Waals surface area contributed by atoms with Crippen LogP contribution in [0.2, 0.25) is 0 Å². The zero-order valence-corrected chi connectivity index (χ0v) is 15.7. The van der Waals surface area contributed by atoms with Crippen LogP contribution in [0.5, 0.6) is 0 Å².